The van der Waals surface area contributed by atoms with E-state index in [4.69, 9.17) is 14.5 Å². The second-order valence-corrected chi connectivity index (χ2v) is 10.6. The van der Waals surface area contributed by atoms with Crippen molar-refractivity contribution in [2.45, 2.75) is 70.4 Å². The Bertz CT molecular complexity index is 964. The van der Waals surface area contributed by atoms with Crippen molar-refractivity contribution >= 4 is 11.9 Å². The van der Waals surface area contributed by atoms with Crippen LogP contribution in [0.25, 0.3) is 0 Å². The Hall–Kier alpha value is -2.71. The van der Waals surface area contributed by atoms with Crippen molar-refractivity contribution in [2.24, 2.45) is 0 Å². The van der Waals surface area contributed by atoms with Crippen LogP contribution in [0.2, 0.25) is 0 Å². The highest BCUT2D eigenvalue weighted by Gasteiger charge is 2.35. The highest BCUT2D eigenvalue weighted by Crippen LogP contribution is 2.29. The Balaban J connectivity index is 1.53. The Morgan fingerprint density at radius 3 is 2.74 bits per heavy atom. The van der Waals surface area contributed by atoms with E-state index in [2.05, 4.69) is 21.3 Å². The largest absolute Gasteiger partial charge is 0.462 e. The van der Waals surface area contributed by atoms with E-state index in [0.29, 0.717) is 45.8 Å². The number of likely N-dealkylation sites (tertiary alicyclic amines) is 1. The molecule has 11 heteroatoms. The molecular weight excluding hydrogens is 453 g/mol. The number of piperazine rings is 1. The molecule has 0 radical (unpaired) electrons. The van der Waals surface area contributed by atoms with Gasteiger partial charge in [0.2, 0.25) is 0 Å². The molecule has 4 rings (SSSR count). The van der Waals surface area contributed by atoms with E-state index in [-0.39, 0.29) is 24.5 Å². The molecule has 1 aromatic heterocycles. The molecule has 3 aliphatic heterocycles. The number of anilines is 1. The maximum Gasteiger partial charge on any atom is 0.410 e. The Morgan fingerprint density at radius 1 is 1.26 bits per heavy atom. The molecule has 2 saturated heterocycles. The lowest BCUT2D eigenvalue weighted by Gasteiger charge is -2.42. The van der Waals surface area contributed by atoms with Crippen LogP contribution < -0.4 is 15.0 Å². The molecule has 10 nitrogen and oxygen atoms in total. The summed E-state index contributed by atoms with van der Waals surface area (Å²) in [6, 6.07) is 2.17. The minimum absolute atomic E-state index is 0.0106. The zero-order chi connectivity index (χ0) is 25.2. The number of alkyl halides is 1. The number of hydrogen-bond donors (Lipinski definition) is 1. The average Bonchev–Trinajstić information content (AvgIpc) is 3.12. The SMILES string of the molecule is CN1C[C@H](F)C[C@@H]1COc1nc2c(c(N3CCN(C(=O)OC(C)(C)C)[C@@H](CC#N)C3)n1)CCNC2. The monoisotopic (exact) mass is 489 g/mol. The molecule has 0 aromatic carbocycles. The van der Waals surface area contributed by atoms with E-state index >= 15 is 0 Å². The van der Waals surface area contributed by atoms with Crippen molar-refractivity contribution in [2.75, 3.05) is 51.3 Å². The van der Waals surface area contributed by atoms with Crippen molar-refractivity contribution in [3.05, 3.63) is 11.3 Å². The van der Waals surface area contributed by atoms with Crippen LogP contribution in [0.4, 0.5) is 15.0 Å². The second kappa shape index (κ2) is 10.5. The fraction of sp³-hybridized carbons (Fsp3) is 0.750. The standard InChI is InChI=1S/C24H36FN7O3/c1-24(2,3)35-23(33)32-10-9-31(14-17(32)5-7-26)21-19-6-8-27-12-20(19)28-22(29-21)34-15-18-11-16(25)13-30(18)4/h16-18,27H,5-6,8-15H2,1-4H3/t16-,17+,18-/m1/s1. The molecule has 4 heterocycles. The molecule has 1 amide bonds. The molecule has 0 unspecified atom stereocenters. The summed E-state index contributed by atoms with van der Waals surface area (Å²) in [4.78, 5) is 27.9. The van der Waals surface area contributed by atoms with Crippen LogP contribution in [0.3, 0.4) is 0 Å². The number of carbonyl (C=O) groups is 1. The lowest BCUT2D eigenvalue weighted by molar-refractivity contribution is 0.0144. The minimum atomic E-state index is -0.837. The van der Waals surface area contributed by atoms with Crippen LogP contribution in [0, 0.1) is 11.3 Å². The molecule has 0 aliphatic carbocycles. The van der Waals surface area contributed by atoms with Crippen LogP contribution >= 0.6 is 0 Å². The van der Waals surface area contributed by atoms with Crippen LogP contribution in [0.5, 0.6) is 6.01 Å². The van der Waals surface area contributed by atoms with E-state index in [9.17, 15) is 14.4 Å². The predicted molar refractivity (Wildman–Crippen MR) is 128 cm³/mol. The fourth-order valence-electron chi connectivity index (χ4n) is 4.91. The fourth-order valence-corrected chi connectivity index (χ4v) is 4.91. The summed E-state index contributed by atoms with van der Waals surface area (Å²) in [7, 11) is 1.90. The third kappa shape index (κ3) is 6.11. The number of amides is 1. The number of hydrogen-bond acceptors (Lipinski definition) is 9. The van der Waals surface area contributed by atoms with Gasteiger partial charge in [0.05, 0.1) is 24.2 Å². The third-order valence-corrected chi connectivity index (χ3v) is 6.67. The average molecular weight is 490 g/mol. The minimum Gasteiger partial charge on any atom is -0.462 e. The predicted octanol–water partition coefficient (Wildman–Crippen LogP) is 1.88. The molecule has 35 heavy (non-hydrogen) atoms. The highest BCUT2D eigenvalue weighted by atomic mass is 19.1. The van der Waals surface area contributed by atoms with Crippen LogP contribution in [-0.2, 0) is 17.7 Å². The number of ether oxygens (including phenoxy) is 2. The number of halogens is 1. The van der Waals surface area contributed by atoms with Gasteiger partial charge in [-0.05, 0) is 47.2 Å². The summed E-state index contributed by atoms with van der Waals surface area (Å²) >= 11 is 0. The summed E-state index contributed by atoms with van der Waals surface area (Å²) in [6.07, 6.45) is 0.193. The number of carbonyl (C=O) groups excluding carboxylic acids is 1. The Labute approximate surface area is 206 Å². The van der Waals surface area contributed by atoms with E-state index in [1.165, 1.54) is 0 Å². The molecule has 0 bridgehead atoms. The summed E-state index contributed by atoms with van der Waals surface area (Å²) in [5, 5.41) is 12.8. The number of nitrogens with one attached hydrogen (secondary N) is 1. The van der Waals surface area contributed by atoms with E-state index in [1.807, 2.05) is 32.7 Å². The summed E-state index contributed by atoms with van der Waals surface area (Å²) in [5.41, 5.74) is 1.36. The van der Waals surface area contributed by atoms with Gasteiger partial charge >= 0.3 is 12.1 Å². The number of nitriles is 1. The smallest absolute Gasteiger partial charge is 0.410 e. The van der Waals surface area contributed by atoms with Crippen molar-refractivity contribution in [3.63, 3.8) is 0 Å². The van der Waals surface area contributed by atoms with E-state index in [0.717, 1.165) is 30.0 Å². The summed E-state index contributed by atoms with van der Waals surface area (Å²) < 4.78 is 25.3. The lowest BCUT2D eigenvalue weighted by Crippen LogP contribution is -2.56. The van der Waals surface area contributed by atoms with Crippen molar-refractivity contribution in [3.8, 4) is 12.1 Å². The molecule has 0 saturated carbocycles. The van der Waals surface area contributed by atoms with Gasteiger partial charge in [0, 0.05) is 44.3 Å². The van der Waals surface area contributed by atoms with E-state index in [1.54, 1.807) is 4.90 Å². The van der Waals surface area contributed by atoms with Gasteiger partial charge in [-0.3, -0.25) is 4.90 Å². The molecular formula is C24H36FN7O3. The number of nitrogens with zero attached hydrogens (tertiary/aromatic N) is 6. The van der Waals surface area contributed by atoms with Gasteiger partial charge in [0.15, 0.2) is 0 Å². The molecule has 1 N–H and O–H groups in total. The van der Waals surface area contributed by atoms with E-state index < -0.39 is 17.9 Å². The van der Waals surface area contributed by atoms with Gasteiger partial charge in [0.1, 0.15) is 24.2 Å². The highest BCUT2D eigenvalue weighted by molar-refractivity contribution is 5.69. The van der Waals surface area contributed by atoms with Crippen molar-refractivity contribution in [1.82, 2.24) is 25.1 Å². The molecule has 1 aromatic rings. The Morgan fingerprint density at radius 2 is 2.06 bits per heavy atom. The first kappa shape index (κ1) is 25.4. The van der Waals surface area contributed by atoms with Crippen LogP contribution in [-0.4, -0.2) is 96.1 Å². The van der Waals surface area contributed by atoms with Gasteiger partial charge in [-0.15, -0.1) is 0 Å². The summed E-state index contributed by atoms with van der Waals surface area (Å²) in [6.45, 7) is 9.15. The maximum absolute atomic E-state index is 13.8. The van der Waals surface area contributed by atoms with Gasteiger partial charge < -0.3 is 24.6 Å². The lowest BCUT2D eigenvalue weighted by atomic mass is 10.0. The number of fused-ring (bicyclic) bond motifs is 1. The van der Waals surface area contributed by atoms with Crippen molar-refractivity contribution in [1.29, 1.82) is 5.26 Å². The zero-order valence-corrected chi connectivity index (χ0v) is 21.1. The maximum atomic E-state index is 13.8. The Kier molecular flexibility index (Phi) is 7.62. The van der Waals surface area contributed by atoms with Crippen LogP contribution in [0.15, 0.2) is 0 Å². The molecule has 0 spiro atoms. The first-order chi connectivity index (χ1) is 16.6. The van der Waals surface area contributed by atoms with Crippen molar-refractivity contribution < 1.29 is 18.7 Å². The summed E-state index contributed by atoms with van der Waals surface area (Å²) in [5.74, 6) is 0.793. The number of aromatic nitrogens is 2. The molecule has 192 valence electrons. The first-order valence-corrected chi connectivity index (χ1v) is 12.3. The topological polar surface area (TPSA) is 107 Å². The quantitative estimate of drug-likeness (QED) is 0.663. The normalized spacial score (nSPS) is 25.2. The molecule has 3 atom stereocenters. The first-order valence-electron chi connectivity index (χ1n) is 12.3. The van der Waals surface area contributed by atoms with Gasteiger partial charge in [0.25, 0.3) is 0 Å². The van der Waals surface area contributed by atoms with Gasteiger partial charge in [-0.1, -0.05) is 0 Å². The second-order valence-electron chi connectivity index (χ2n) is 10.6. The number of likely N-dealkylation sites (N-methyl/N-ethyl adjacent to an activating group) is 1. The molecule has 3 aliphatic rings. The number of rotatable bonds is 5. The van der Waals surface area contributed by atoms with Crippen LogP contribution in [0.1, 0.15) is 44.9 Å². The third-order valence-electron chi connectivity index (χ3n) is 6.67. The zero-order valence-electron chi connectivity index (χ0n) is 21.1. The van der Waals surface area contributed by atoms with Gasteiger partial charge in [-0.2, -0.15) is 15.2 Å². The molecule has 2 fully saturated rings. The van der Waals surface area contributed by atoms with Gasteiger partial charge in [-0.25, -0.2) is 9.18 Å².